The number of thioether (sulfide) groups is 1. The Morgan fingerprint density at radius 1 is 0.600 bits per heavy atom. The monoisotopic (exact) mass is 633 g/mol. The number of thiazole rings is 1. The van der Waals surface area contributed by atoms with Crippen LogP contribution in [0.1, 0.15) is 86.9 Å². The van der Waals surface area contributed by atoms with Gasteiger partial charge in [-0.2, -0.15) is 4.57 Å². The van der Waals surface area contributed by atoms with Crippen LogP contribution in [0.5, 0.6) is 0 Å². The van der Waals surface area contributed by atoms with Gasteiger partial charge in [-0.05, 0) is 98.5 Å². The highest BCUT2D eigenvalue weighted by molar-refractivity contribution is 8.04. The maximum absolute atomic E-state index is 2.66. The zero-order valence-corrected chi connectivity index (χ0v) is 31.1. The molecular formula is C41H49N2S2+. The Morgan fingerprint density at radius 3 is 1.62 bits per heavy atom. The summed E-state index contributed by atoms with van der Waals surface area (Å²) in [5.74, 6) is 0. The van der Waals surface area contributed by atoms with Crippen LogP contribution in [0.15, 0.2) is 70.6 Å². The molecule has 0 radical (unpaired) electrons. The van der Waals surface area contributed by atoms with Crippen LogP contribution in [-0.4, -0.2) is 0 Å². The first kappa shape index (κ1) is 33.0. The van der Waals surface area contributed by atoms with E-state index in [-0.39, 0.29) is 5.66 Å². The molecule has 0 atom stereocenters. The zero-order chi connectivity index (χ0) is 33.0. The van der Waals surface area contributed by atoms with E-state index >= 15 is 0 Å². The molecule has 2 aliphatic heterocycles. The van der Waals surface area contributed by atoms with Gasteiger partial charge in [0.25, 0.3) is 5.01 Å². The highest BCUT2D eigenvalue weighted by Gasteiger charge is 2.53. The number of hydrogen-bond acceptors (Lipinski definition) is 3. The van der Waals surface area contributed by atoms with Gasteiger partial charge in [0.2, 0.25) is 11.2 Å². The molecular weight excluding hydrogens is 585 g/mol. The normalized spacial score (nSPS) is 14.3. The largest absolute Gasteiger partial charge is 0.273 e. The maximum Gasteiger partial charge on any atom is 0.270 e. The van der Waals surface area contributed by atoms with E-state index < -0.39 is 0 Å². The molecule has 4 heteroatoms. The van der Waals surface area contributed by atoms with Gasteiger partial charge in [0.05, 0.1) is 16.3 Å². The van der Waals surface area contributed by atoms with Gasteiger partial charge < -0.3 is 0 Å². The lowest BCUT2D eigenvalue weighted by molar-refractivity contribution is -0.732. The third-order valence-electron chi connectivity index (χ3n) is 9.56. The predicted octanol–water partition coefficient (Wildman–Crippen LogP) is 12.4. The van der Waals surface area contributed by atoms with Crippen LogP contribution in [0.4, 0.5) is 5.69 Å². The fourth-order valence-electron chi connectivity index (χ4n) is 7.29. The smallest absolute Gasteiger partial charge is 0.270 e. The van der Waals surface area contributed by atoms with Crippen molar-refractivity contribution in [1.82, 2.24) is 0 Å². The first-order valence-electron chi connectivity index (χ1n) is 16.5. The van der Waals surface area contributed by atoms with E-state index in [1.54, 1.807) is 0 Å². The fourth-order valence-corrected chi connectivity index (χ4v) is 10.3. The molecule has 2 aliphatic rings. The second-order valence-electron chi connectivity index (χ2n) is 12.2. The first-order valence-corrected chi connectivity index (χ1v) is 18.1. The van der Waals surface area contributed by atoms with Crippen LogP contribution in [0.3, 0.4) is 0 Å². The van der Waals surface area contributed by atoms with Crippen LogP contribution < -0.4 is 9.47 Å². The van der Waals surface area contributed by atoms with Crippen molar-refractivity contribution < 1.29 is 4.57 Å². The van der Waals surface area contributed by atoms with E-state index in [9.17, 15) is 0 Å². The summed E-state index contributed by atoms with van der Waals surface area (Å²) in [5.41, 5.74) is 17.5. The van der Waals surface area contributed by atoms with Gasteiger partial charge in [0.15, 0.2) is 0 Å². The fraction of sp³-hybridized carbons (Fsp3) is 0.341. The summed E-state index contributed by atoms with van der Waals surface area (Å²) in [6.07, 6.45) is 0. The number of aryl methyl sites for hydroxylation is 2. The van der Waals surface area contributed by atoms with Gasteiger partial charge in [-0.15, -0.1) is 0 Å². The number of allylic oxidation sites excluding steroid dienone is 1. The van der Waals surface area contributed by atoms with E-state index in [0.29, 0.717) is 0 Å². The lowest BCUT2D eigenvalue weighted by Gasteiger charge is -2.38. The second kappa shape index (κ2) is 12.5. The number of hydrogen-bond donors (Lipinski definition) is 0. The number of fused-ring (bicyclic) bond motifs is 6. The molecule has 0 saturated heterocycles. The Bertz CT molecular complexity index is 1940. The van der Waals surface area contributed by atoms with E-state index in [1.165, 1.54) is 92.0 Å². The van der Waals surface area contributed by atoms with Crippen LogP contribution in [0.2, 0.25) is 0 Å². The molecule has 0 fully saturated rings. The number of benzene rings is 4. The van der Waals surface area contributed by atoms with E-state index in [1.807, 2.05) is 50.8 Å². The summed E-state index contributed by atoms with van der Waals surface area (Å²) in [6.45, 7) is 29.1. The molecule has 234 valence electrons. The maximum atomic E-state index is 2.66. The molecule has 2 nitrogen and oxygen atoms in total. The number of nitrogens with zero attached hydrogens (tertiary/aromatic N) is 2. The summed E-state index contributed by atoms with van der Waals surface area (Å²) in [6, 6.07) is 21.9. The van der Waals surface area contributed by atoms with Gasteiger partial charge in [0, 0.05) is 24.3 Å². The molecule has 0 spiro atoms. The Kier molecular flexibility index (Phi) is 9.14. The van der Waals surface area contributed by atoms with Gasteiger partial charge >= 0.3 is 0 Å². The molecule has 0 amide bonds. The molecule has 0 N–H and O–H groups in total. The van der Waals surface area contributed by atoms with Crippen molar-refractivity contribution in [3.63, 3.8) is 0 Å². The summed E-state index contributed by atoms with van der Waals surface area (Å²) in [7, 11) is 0. The average molecular weight is 634 g/mol. The SMILES string of the molecule is CC.CC.CC1=C2Sc3c(C)c(C)c(-c4ccccc4)c(C)c3N2C(C)(C)[n+]2c1sc1c(C)c(C)c(-c3ccccc3)c(C)c12. The third-order valence-corrected chi connectivity index (χ3v) is 12.3. The molecule has 4 aromatic carbocycles. The summed E-state index contributed by atoms with van der Waals surface area (Å²) >= 11 is 3.95. The quantitative estimate of drug-likeness (QED) is 0.179. The van der Waals surface area contributed by atoms with Crippen molar-refractivity contribution in [2.45, 2.75) is 101 Å². The van der Waals surface area contributed by atoms with Crippen molar-refractivity contribution >= 4 is 44.6 Å². The first-order chi connectivity index (χ1) is 21.6. The van der Waals surface area contributed by atoms with Crippen LogP contribution in [0.25, 0.3) is 38.0 Å². The van der Waals surface area contributed by atoms with Crippen LogP contribution in [0, 0.1) is 41.5 Å². The Hall–Kier alpha value is -3.34. The molecule has 1 aromatic heterocycles. The Morgan fingerprint density at radius 2 is 1.09 bits per heavy atom. The Balaban J connectivity index is 0.000000963. The zero-order valence-electron chi connectivity index (χ0n) is 29.5. The topological polar surface area (TPSA) is 7.12 Å². The summed E-state index contributed by atoms with van der Waals surface area (Å²) in [4.78, 5) is 4.07. The summed E-state index contributed by atoms with van der Waals surface area (Å²) < 4.78 is 4.07. The van der Waals surface area contributed by atoms with Crippen molar-refractivity contribution in [1.29, 1.82) is 0 Å². The Labute approximate surface area is 279 Å². The highest BCUT2D eigenvalue weighted by atomic mass is 32.2. The standard InChI is InChI=1S/C37H37N2S2.2C2H6/c1-20-22(3)33-31(24(5)29(20)27-16-12-10-13-17-27)38-35(40-33)26(7)36-39(37(38,8)9)32-25(6)30(28-18-14-11-15-19-28)21(2)23(4)34(32)41-36;2*1-2/h10-19H,1-9H3;2*1-2H3/q+1;;. The minimum absolute atomic E-state index is 0.290. The van der Waals surface area contributed by atoms with E-state index in [4.69, 9.17) is 0 Å². The molecule has 0 unspecified atom stereocenters. The molecule has 5 aromatic rings. The molecule has 0 bridgehead atoms. The lowest BCUT2D eigenvalue weighted by Crippen LogP contribution is -2.65. The van der Waals surface area contributed by atoms with Crippen LogP contribution >= 0.6 is 23.1 Å². The van der Waals surface area contributed by atoms with Crippen molar-refractivity contribution in [3.05, 3.63) is 104 Å². The van der Waals surface area contributed by atoms with Crippen molar-refractivity contribution in [2.24, 2.45) is 0 Å². The lowest BCUT2D eigenvalue weighted by atomic mass is 9.89. The third kappa shape index (κ3) is 4.79. The van der Waals surface area contributed by atoms with Crippen molar-refractivity contribution in [3.8, 4) is 22.3 Å². The van der Waals surface area contributed by atoms with Gasteiger partial charge in [-0.3, -0.25) is 4.90 Å². The molecule has 7 rings (SSSR count). The van der Waals surface area contributed by atoms with Gasteiger partial charge in [-0.25, -0.2) is 0 Å². The summed E-state index contributed by atoms with van der Waals surface area (Å²) in [5, 5.41) is 2.75. The minimum Gasteiger partial charge on any atom is -0.273 e. The van der Waals surface area contributed by atoms with E-state index in [2.05, 4.69) is 132 Å². The van der Waals surface area contributed by atoms with E-state index in [0.717, 1.165) is 0 Å². The molecule has 0 aliphatic carbocycles. The van der Waals surface area contributed by atoms with Gasteiger partial charge in [0.1, 0.15) is 4.70 Å². The second-order valence-corrected chi connectivity index (χ2v) is 14.2. The minimum atomic E-state index is -0.290. The van der Waals surface area contributed by atoms with Crippen LogP contribution in [-0.2, 0) is 5.66 Å². The average Bonchev–Trinajstić information content (AvgIpc) is 3.68. The number of aromatic nitrogens is 1. The highest BCUT2D eigenvalue weighted by Crippen LogP contribution is 2.59. The molecule has 45 heavy (non-hydrogen) atoms. The predicted molar refractivity (Wildman–Crippen MR) is 201 cm³/mol. The van der Waals surface area contributed by atoms with Gasteiger partial charge in [-0.1, -0.05) is 111 Å². The molecule has 0 saturated carbocycles. The number of anilines is 1. The molecule has 3 heterocycles. The number of rotatable bonds is 2. The van der Waals surface area contributed by atoms with Crippen molar-refractivity contribution in [2.75, 3.05) is 4.90 Å².